The molecule has 2 saturated heterocycles. The fourth-order valence-corrected chi connectivity index (χ4v) is 5.64. The molecule has 5 heterocycles. The van der Waals surface area contributed by atoms with E-state index in [1.165, 1.54) is 16.1 Å². The zero-order chi connectivity index (χ0) is 22.6. The first-order chi connectivity index (χ1) is 16.0. The standard InChI is InChI=1S/C22H25N7O3S/c1-33(30,31)28-7-5-17(14-28)29-21-18(13-24-29)20(16-3-2-15-4-6-23-19(15)12-16)25-22(26-21)27-8-10-32-11-9-27/h2-3,6,12-13,17H,4-5,7-11,14H2,1H3. The molecule has 33 heavy (non-hydrogen) atoms. The minimum absolute atomic E-state index is 0.0675. The van der Waals surface area contributed by atoms with Gasteiger partial charge < -0.3 is 9.64 Å². The number of aliphatic imine (C=N–C) groups is 1. The molecule has 3 aromatic rings. The van der Waals surface area contributed by atoms with E-state index < -0.39 is 10.0 Å². The van der Waals surface area contributed by atoms with Crippen molar-refractivity contribution in [2.75, 3.05) is 50.5 Å². The van der Waals surface area contributed by atoms with Crippen molar-refractivity contribution >= 4 is 38.9 Å². The Morgan fingerprint density at radius 1 is 1.12 bits per heavy atom. The largest absolute Gasteiger partial charge is 0.378 e. The second-order valence-corrected chi connectivity index (χ2v) is 10.7. The molecule has 10 nitrogen and oxygen atoms in total. The molecular formula is C22H25N7O3S. The minimum Gasteiger partial charge on any atom is -0.378 e. The first-order valence-corrected chi connectivity index (χ1v) is 13.0. The van der Waals surface area contributed by atoms with E-state index in [-0.39, 0.29) is 6.04 Å². The Labute approximate surface area is 192 Å². The van der Waals surface area contributed by atoms with Crippen molar-refractivity contribution in [2.24, 2.45) is 4.99 Å². The lowest BCUT2D eigenvalue weighted by atomic mass is 10.0. The number of nitrogens with zero attached hydrogens (tertiary/aromatic N) is 7. The summed E-state index contributed by atoms with van der Waals surface area (Å²) in [6, 6.07) is 6.19. The molecule has 0 N–H and O–H groups in total. The number of rotatable bonds is 4. The van der Waals surface area contributed by atoms with Crippen LogP contribution in [0, 0.1) is 0 Å². The minimum atomic E-state index is -3.24. The summed E-state index contributed by atoms with van der Waals surface area (Å²) in [5.74, 6) is 0.643. The second kappa shape index (κ2) is 7.86. The molecule has 0 saturated carbocycles. The number of benzene rings is 1. The van der Waals surface area contributed by atoms with Crippen LogP contribution in [0.2, 0.25) is 0 Å². The lowest BCUT2D eigenvalue weighted by molar-refractivity contribution is 0.122. The molecule has 172 valence electrons. The topological polar surface area (TPSA) is 106 Å². The maximum atomic E-state index is 12.0. The maximum absolute atomic E-state index is 12.0. The summed E-state index contributed by atoms with van der Waals surface area (Å²) in [6.07, 6.45) is 6.53. The monoisotopic (exact) mass is 467 g/mol. The van der Waals surface area contributed by atoms with Gasteiger partial charge in [0.05, 0.1) is 48.5 Å². The fraction of sp³-hybridized carbons (Fsp3) is 0.455. The summed E-state index contributed by atoms with van der Waals surface area (Å²) in [4.78, 5) is 16.5. The van der Waals surface area contributed by atoms with E-state index in [0.717, 1.165) is 47.5 Å². The van der Waals surface area contributed by atoms with Gasteiger partial charge in [-0.05, 0) is 18.1 Å². The summed E-state index contributed by atoms with van der Waals surface area (Å²) in [7, 11) is -3.24. The SMILES string of the molecule is CS(=O)(=O)N1CCC(n2ncc3c(-c4ccc5c(c4)N=CC5)nc(N4CCOCC4)nc32)C1. The average molecular weight is 468 g/mol. The van der Waals surface area contributed by atoms with Crippen molar-refractivity contribution in [3.63, 3.8) is 0 Å². The van der Waals surface area contributed by atoms with Crippen LogP contribution in [0.25, 0.3) is 22.3 Å². The van der Waals surface area contributed by atoms with E-state index >= 15 is 0 Å². The van der Waals surface area contributed by atoms with Gasteiger partial charge in [-0.25, -0.2) is 18.1 Å². The lowest BCUT2D eigenvalue weighted by Crippen LogP contribution is -2.37. The van der Waals surface area contributed by atoms with Gasteiger partial charge in [-0.1, -0.05) is 12.1 Å². The zero-order valence-corrected chi connectivity index (χ0v) is 19.2. The molecule has 3 aliphatic rings. The third kappa shape index (κ3) is 3.69. The molecule has 1 aromatic carbocycles. The number of sulfonamides is 1. The molecule has 0 amide bonds. The third-order valence-electron chi connectivity index (χ3n) is 6.58. The highest BCUT2D eigenvalue weighted by molar-refractivity contribution is 7.88. The van der Waals surface area contributed by atoms with Crippen LogP contribution in [0.1, 0.15) is 18.0 Å². The number of hydrogen-bond acceptors (Lipinski definition) is 8. The molecule has 2 fully saturated rings. The summed E-state index contributed by atoms with van der Waals surface area (Å²) in [6.45, 7) is 3.60. The molecule has 0 radical (unpaired) electrons. The molecular weight excluding hydrogens is 442 g/mol. The Hall–Kier alpha value is -2.89. The van der Waals surface area contributed by atoms with Crippen LogP contribution >= 0.6 is 0 Å². The van der Waals surface area contributed by atoms with Crippen LogP contribution in [0.5, 0.6) is 0 Å². The maximum Gasteiger partial charge on any atom is 0.228 e. The Kier molecular flexibility index (Phi) is 4.93. The fourth-order valence-electron chi connectivity index (χ4n) is 4.76. The van der Waals surface area contributed by atoms with E-state index in [2.05, 4.69) is 33.2 Å². The number of morpholine rings is 1. The van der Waals surface area contributed by atoms with Gasteiger partial charge in [-0.2, -0.15) is 14.4 Å². The van der Waals surface area contributed by atoms with Gasteiger partial charge in [0.25, 0.3) is 0 Å². The van der Waals surface area contributed by atoms with E-state index in [0.29, 0.717) is 38.7 Å². The number of fused-ring (bicyclic) bond motifs is 2. The number of anilines is 1. The highest BCUT2D eigenvalue weighted by Crippen LogP contribution is 2.35. The smallest absolute Gasteiger partial charge is 0.228 e. The summed E-state index contributed by atoms with van der Waals surface area (Å²) in [5.41, 5.74) is 4.69. The first kappa shape index (κ1) is 20.7. The molecule has 11 heteroatoms. The van der Waals surface area contributed by atoms with Crippen LogP contribution in [0.15, 0.2) is 29.4 Å². The van der Waals surface area contributed by atoms with Gasteiger partial charge >= 0.3 is 0 Å². The van der Waals surface area contributed by atoms with Crippen molar-refractivity contribution in [1.82, 2.24) is 24.1 Å². The van der Waals surface area contributed by atoms with Crippen LogP contribution in [-0.2, 0) is 21.2 Å². The van der Waals surface area contributed by atoms with Gasteiger partial charge in [0.1, 0.15) is 0 Å². The summed E-state index contributed by atoms with van der Waals surface area (Å²) < 4.78 is 33.0. The van der Waals surface area contributed by atoms with Crippen molar-refractivity contribution in [1.29, 1.82) is 0 Å². The molecule has 6 rings (SSSR count). The van der Waals surface area contributed by atoms with Crippen molar-refractivity contribution < 1.29 is 13.2 Å². The molecule has 1 atom stereocenters. The quantitative estimate of drug-likeness (QED) is 0.576. The van der Waals surface area contributed by atoms with Crippen molar-refractivity contribution in [3.8, 4) is 11.3 Å². The molecule has 0 aliphatic carbocycles. The van der Waals surface area contributed by atoms with Gasteiger partial charge in [0.15, 0.2) is 5.65 Å². The number of ether oxygens (including phenoxy) is 1. The van der Waals surface area contributed by atoms with Crippen LogP contribution in [0.3, 0.4) is 0 Å². The predicted molar refractivity (Wildman–Crippen MR) is 126 cm³/mol. The Morgan fingerprint density at radius 3 is 2.76 bits per heavy atom. The zero-order valence-electron chi connectivity index (χ0n) is 18.4. The Balaban J connectivity index is 1.48. The highest BCUT2D eigenvalue weighted by atomic mass is 32.2. The summed E-state index contributed by atoms with van der Waals surface area (Å²) >= 11 is 0. The van der Waals surface area contributed by atoms with E-state index in [1.54, 1.807) is 6.20 Å². The van der Waals surface area contributed by atoms with Crippen LogP contribution < -0.4 is 4.90 Å². The average Bonchev–Trinajstić information content (AvgIpc) is 3.56. The molecule has 2 aromatic heterocycles. The van der Waals surface area contributed by atoms with E-state index in [4.69, 9.17) is 14.7 Å². The van der Waals surface area contributed by atoms with E-state index in [9.17, 15) is 8.42 Å². The van der Waals surface area contributed by atoms with Crippen molar-refractivity contribution in [3.05, 3.63) is 30.0 Å². The molecule has 0 spiro atoms. The van der Waals surface area contributed by atoms with Gasteiger partial charge in [-0.3, -0.25) is 4.99 Å². The summed E-state index contributed by atoms with van der Waals surface area (Å²) in [5, 5.41) is 5.51. The number of hydrogen-bond donors (Lipinski definition) is 0. The second-order valence-electron chi connectivity index (χ2n) is 8.72. The van der Waals surface area contributed by atoms with Crippen LogP contribution in [0.4, 0.5) is 11.6 Å². The Bertz CT molecular complexity index is 1360. The molecule has 3 aliphatic heterocycles. The number of aromatic nitrogens is 4. The van der Waals surface area contributed by atoms with Gasteiger partial charge in [0, 0.05) is 44.4 Å². The highest BCUT2D eigenvalue weighted by Gasteiger charge is 2.32. The normalized spacial score (nSPS) is 21.2. The third-order valence-corrected chi connectivity index (χ3v) is 7.85. The van der Waals surface area contributed by atoms with Crippen molar-refractivity contribution in [2.45, 2.75) is 18.9 Å². The predicted octanol–water partition coefficient (Wildman–Crippen LogP) is 1.79. The van der Waals surface area contributed by atoms with Gasteiger partial charge in [0.2, 0.25) is 16.0 Å². The molecule has 1 unspecified atom stereocenters. The lowest BCUT2D eigenvalue weighted by Gasteiger charge is -2.27. The van der Waals surface area contributed by atoms with Crippen LogP contribution in [-0.4, -0.2) is 84.3 Å². The molecule has 0 bridgehead atoms. The van der Waals surface area contributed by atoms with Gasteiger partial charge in [-0.15, -0.1) is 0 Å². The van der Waals surface area contributed by atoms with E-state index in [1.807, 2.05) is 10.9 Å². The first-order valence-electron chi connectivity index (χ1n) is 11.2. The Morgan fingerprint density at radius 2 is 1.97 bits per heavy atom.